The molecule has 0 amide bonds. The van der Waals surface area contributed by atoms with E-state index in [1.165, 1.54) is 0 Å². The number of nitrogens with one attached hydrogen (secondary N) is 3. The molecule has 3 N–H and O–H groups in total. The fourth-order valence-corrected chi connectivity index (χ4v) is 3.67. The predicted molar refractivity (Wildman–Crippen MR) is 114 cm³/mol. The van der Waals surface area contributed by atoms with Gasteiger partial charge in [-0.25, -0.2) is 0 Å². The minimum absolute atomic E-state index is 0.123. The number of ether oxygens (including phenoxy) is 1. The van der Waals surface area contributed by atoms with Crippen LogP contribution in [0.5, 0.6) is 5.75 Å². The van der Waals surface area contributed by atoms with Crippen molar-refractivity contribution in [2.45, 2.75) is 38.8 Å². The van der Waals surface area contributed by atoms with Crippen LogP contribution in [0.1, 0.15) is 32.3 Å². The van der Waals surface area contributed by atoms with Gasteiger partial charge in [0.2, 0.25) is 0 Å². The van der Waals surface area contributed by atoms with Crippen LogP contribution >= 0.6 is 0 Å². The van der Waals surface area contributed by atoms with Gasteiger partial charge >= 0.3 is 0 Å². The molecule has 0 aromatic heterocycles. The molecule has 2 aromatic rings. The van der Waals surface area contributed by atoms with Crippen LogP contribution in [0.2, 0.25) is 0 Å². The fourth-order valence-electron chi connectivity index (χ4n) is 3.67. The second-order valence-electron chi connectivity index (χ2n) is 6.60. The first-order chi connectivity index (χ1) is 13.3. The summed E-state index contributed by atoms with van der Waals surface area (Å²) in [5, 5.41) is 10.8. The van der Waals surface area contributed by atoms with E-state index in [0.717, 1.165) is 54.5 Å². The van der Waals surface area contributed by atoms with Crippen LogP contribution in [-0.4, -0.2) is 31.6 Å². The first kappa shape index (κ1) is 19.2. The van der Waals surface area contributed by atoms with Gasteiger partial charge in [-0.05, 0) is 44.1 Å². The summed E-state index contributed by atoms with van der Waals surface area (Å²) in [6.45, 7) is 6.58. The van der Waals surface area contributed by atoms with Gasteiger partial charge in [-0.2, -0.15) is 0 Å². The lowest BCUT2D eigenvalue weighted by Gasteiger charge is -2.44. The first-order valence-corrected chi connectivity index (χ1v) is 9.82. The van der Waals surface area contributed by atoms with E-state index in [9.17, 15) is 0 Å². The van der Waals surface area contributed by atoms with Crippen LogP contribution in [0.3, 0.4) is 0 Å². The van der Waals surface area contributed by atoms with Crippen molar-refractivity contribution >= 4 is 17.2 Å². The zero-order valence-electron chi connectivity index (χ0n) is 16.5. The molecule has 1 spiro atoms. The molecule has 0 saturated carbocycles. The second-order valence-corrected chi connectivity index (χ2v) is 6.60. The number of anilines is 2. The molecule has 2 heterocycles. The summed E-state index contributed by atoms with van der Waals surface area (Å²) in [5.74, 6) is 1.91. The highest BCUT2D eigenvalue weighted by Crippen LogP contribution is 2.36. The fraction of sp³-hybridized carbons (Fsp3) is 0.409. The number of hydrogen-bond acceptors (Lipinski definition) is 4. The molecule has 0 bridgehead atoms. The van der Waals surface area contributed by atoms with Crippen molar-refractivity contribution in [3.63, 3.8) is 0 Å². The third-order valence-corrected chi connectivity index (χ3v) is 5.06. The third-order valence-electron chi connectivity index (χ3n) is 5.06. The Balaban J connectivity index is 0.00000102. The molecule has 5 heteroatoms. The van der Waals surface area contributed by atoms with Crippen LogP contribution < -0.4 is 20.7 Å². The van der Waals surface area contributed by atoms with E-state index in [0.29, 0.717) is 6.54 Å². The minimum Gasteiger partial charge on any atom is -0.496 e. The first-order valence-electron chi connectivity index (χ1n) is 9.82. The van der Waals surface area contributed by atoms with Gasteiger partial charge in [0, 0.05) is 5.56 Å². The van der Waals surface area contributed by atoms with Gasteiger partial charge < -0.3 is 20.7 Å². The van der Waals surface area contributed by atoms with Crippen molar-refractivity contribution in [2.24, 2.45) is 4.99 Å². The summed E-state index contributed by atoms with van der Waals surface area (Å²) in [5.41, 5.74) is 3.22. The highest BCUT2D eigenvalue weighted by molar-refractivity contribution is 6.09. The molecule has 0 aliphatic carbocycles. The zero-order chi connectivity index (χ0) is 19.1. The van der Waals surface area contributed by atoms with E-state index >= 15 is 0 Å². The molecule has 5 nitrogen and oxygen atoms in total. The summed E-state index contributed by atoms with van der Waals surface area (Å²) >= 11 is 0. The number of para-hydroxylation sites is 3. The molecule has 144 valence electrons. The topological polar surface area (TPSA) is 57.7 Å². The van der Waals surface area contributed by atoms with E-state index < -0.39 is 0 Å². The molecule has 27 heavy (non-hydrogen) atoms. The quantitative estimate of drug-likeness (QED) is 0.759. The predicted octanol–water partition coefficient (Wildman–Crippen LogP) is 4.28. The van der Waals surface area contributed by atoms with Crippen molar-refractivity contribution in [3.8, 4) is 5.75 Å². The number of piperidine rings is 1. The maximum Gasteiger partial charge on any atom is 0.127 e. The third kappa shape index (κ3) is 4.08. The van der Waals surface area contributed by atoms with E-state index in [1.54, 1.807) is 7.11 Å². The van der Waals surface area contributed by atoms with E-state index in [1.807, 2.05) is 38.1 Å². The Hall–Kier alpha value is -2.53. The molecular formula is C22H30N4O. The maximum atomic E-state index is 5.46. The smallest absolute Gasteiger partial charge is 0.127 e. The summed E-state index contributed by atoms with van der Waals surface area (Å²) < 4.78 is 5.46. The molecule has 1 saturated heterocycles. The Morgan fingerprint density at radius 1 is 0.963 bits per heavy atom. The summed E-state index contributed by atoms with van der Waals surface area (Å²) in [6, 6.07) is 16.4. The number of amidine groups is 1. The molecule has 2 aliphatic heterocycles. The summed E-state index contributed by atoms with van der Waals surface area (Å²) in [7, 11) is 1.71. The number of benzene rings is 2. The summed E-state index contributed by atoms with van der Waals surface area (Å²) in [6.07, 6.45) is 2.03. The van der Waals surface area contributed by atoms with Crippen LogP contribution in [0.15, 0.2) is 53.5 Å². The van der Waals surface area contributed by atoms with Gasteiger partial charge in [-0.1, -0.05) is 44.2 Å². The Bertz CT molecular complexity index is 781. The number of hydrogen-bond donors (Lipinski definition) is 3. The monoisotopic (exact) mass is 366 g/mol. The normalized spacial score (nSPS) is 18.6. The van der Waals surface area contributed by atoms with Crippen molar-refractivity contribution in [3.05, 3.63) is 54.1 Å². The second kappa shape index (κ2) is 8.91. The summed E-state index contributed by atoms with van der Waals surface area (Å²) in [4.78, 5) is 4.97. The lowest BCUT2D eigenvalue weighted by Crippen LogP contribution is -2.57. The Morgan fingerprint density at radius 2 is 1.63 bits per heavy atom. The SMILES string of the molecule is CC.COc1ccccc1CN=C1Nc2ccccc2NC12CCNCC2. The largest absolute Gasteiger partial charge is 0.496 e. The molecule has 0 radical (unpaired) electrons. The molecular weight excluding hydrogens is 336 g/mol. The van der Waals surface area contributed by atoms with Crippen molar-refractivity contribution in [2.75, 3.05) is 30.8 Å². The average Bonchev–Trinajstić information content (AvgIpc) is 2.74. The maximum absolute atomic E-state index is 5.46. The van der Waals surface area contributed by atoms with Crippen LogP contribution in [0.25, 0.3) is 0 Å². The van der Waals surface area contributed by atoms with Gasteiger partial charge in [0.25, 0.3) is 0 Å². The van der Waals surface area contributed by atoms with Gasteiger partial charge in [-0.3, -0.25) is 4.99 Å². The van der Waals surface area contributed by atoms with Crippen molar-refractivity contribution in [1.29, 1.82) is 0 Å². The van der Waals surface area contributed by atoms with Crippen molar-refractivity contribution in [1.82, 2.24) is 5.32 Å². The van der Waals surface area contributed by atoms with Gasteiger partial charge in [-0.15, -0.1) is 0 Å². The standard InChI is InChI=1S/C20H24N4O.C2H6/c1-25-18-9-5-2-6-15(18)14-22-19-20(10-12-21-13-11-20)24-17-8-4-3-7-16(17)23-19;1-2/h2-9,21,24H,10-14H2,1H3,(H,22,23);1-2H3. The number of nitrogens with zero attached hydrogens (tertiary/aromatic N) is 1. The van der Waals surface area contributed by atoms with Crippen LogP contribution in [0.4, 0.5) is 11.4 Å². The molecule has 2 aromatic carbocycles. The minimum atomic E-state index is -0.123. The van der Waals surface area contributed by atoms with Crippen LogP contribution in [-0.2, 0) is 6.54 Å². The van der Waals surface area contributed by atoms with Gasteiger partial charge in [0.15, 0.2) is 0 Å². The highest BCUT2D eigenvalue weighted by Gasteiger charge is 2.40. The Labute approximate surface area is 162 Å². The van der Waals surface area contributed by atoms with E-state index in [-0.39, 0.29) is 5.54 Å². The molecule has 1 fully saturated rings. The van der Waals surface area contributed by atoms with E-state index in [2.05, 4.69) is 40.2 Å². The van der Waals surface area contributed by atoms with Gasteiger partial charge in [0.1, 0.15) is 11.6 Å². The molecule has 0 unspecified atom stereocenters. The molecule has 4 rings (SSSR count). The lowest BCUT2D eigenvalue weighted by molar-refractivity contribution is 0.409. The number of methoxy groups -OCH3 is 1. The van der Waals surface area contributed by atoms with Gasteiger partial charge in [0.05, 0.1) is 30.6 Å². The average molecular weight is 367 g/mol. The highest BCUT2D eigenvalue weighted by atomic mass is 16.5. The number of aliphatic imine (C=N–C) groups is 1. The zero-order valence-corrected chi connectivity index (χ0v) is 16.5. The molecule has 2 aliphatic rings. The van der Waals surface area contributed by atoms with Crippen molar-refractivity contribution < 1.29 is 4.74 Å². The Morgan fingerprint density at radius 3 is 2.37 bits per heavy atom. The number of rotatable bonds is 3. The van der Waals surface area contributed by atoms with E-state index in [4.69, 9.17) is 9.73 Å². The number of fused-ring (bicyclic) bond motifs is 1. The molecule has 0 atom stereocenters. The van der Waals surface area contributed by atoms with Crippen LogP contribution in [0, 0.1) is 0 Å². The lowest BCUT2D eigenvalue weighted by atomic mass is 9.84. The Kier molecular flexibility index (Phi) is 6.35.